The van der Waals surface area contributed by atoms with Crippen LogP contribution in [-0.4, -0.2) is 24.8 Å². The lowest BCUT2D eigenvalue weighted by atomic mass is 10.2. The second kappa shape index (κ2) is 10.8. The number of aliphatic hydroxyl groups excluding tert-OH is 1. The van der Waals surface area contributed by atoms with Gasteiger partial charge >= 0.3 is 5.97 Å². The highest BCUT2D eigenvalue weighted by molar-refractivity contribution is 5.83. The van der Waals surface area contributed by atoms with E-state index in [1.807, 2.05) is 0 Å². The molecule has 0 fully saturated rings. The van der Waals surface area contributed by atoms with E-state index in [1.165, 1.54) is 13.2 Å². The van der Waals surface area contributed by atoms with Crippen molar-refractivity contribution in [3.8, 4) is 23.7 Å². The minimum absolute atomic E-state index is 0.0721. The molecule has 1 N–H and O–H groups in total. The molecular weight excluding hydrogens is 216 g/mol. The summed E-state index contributed by atoms with van der Waals surface area (Å²) in [6, 6.07) is 0. The Kier molecular flexibility index (Phi) is 9.71. The van der Waals surface area contributed by atoms with Gasteiger partial charge in [0, 0.05) is 24.5 Å². The molecule has 3 heteroatoms. The Morgan fingerprint density at radius 2 is 1.88 bits per heavy atom. The zero-order valence-corrected chi connectivity index (χ0v) is 10.4. The van der Waals surface area contributed by atoms with Crippen molar-refractivity contribution in [2.24, 2.45) is 0 Å². The first-order valence-electron chi connectivity index (χ1n) is 5.52. The van der Waals surface area contributed by atoms with Crippen LogP contribution >= 0.6 is 0 Å². The van der Waals surface area contributed by atoms with E-state index in [9.17, 15) is 4.79 Å². The molecule has 92 valence electrons. The highest BCUT2D eigenvalue weighted by Gasteiger charge is 1.92. The van der Waals surface area contributed by atoms with E-state index in [0.717, 1.165) is 25.7 Å². The van der Waals surface area contributed by atoms with E-state index in [-0.39, 0.29) is 12.6 Å². The Morgan fingerprint density at radius 1 is 1.24 bits per heavy atom. The van der Waals surface area contributed by atoms with Gasteiger partial charge in [-0.25, -0.2) is 4.79 Å². The Labute approximate surface area is 103 Å². The number of unbranched alkanes of at least 4 members (excludes halogenated alkanes) is 3. The standard InChI is InChI=1S/C14H18O3/c1-13(12-14(16)17-2)10-8-6-4-3-5-7-9-11-15/h12,15H,3-6,11H2,1-2H3/b13-12+. The second-order valence-electron chi connectivity index (χ2n) is 3.37. The molecule has 17 heavy (non-hydrogen) atoms. The van der Waals surface area contributed by atoms with Gasteiger partial charge in [-0.2, -0.15) is 0 Å². The lowest BCUT2D eigenvalue weighted by Crippen LogP contribution is -1.94. The van der Waals surface area contributed by atoms with E-state index >= 15 is 0 Å². The third kappa shape index (κ3) is 10.6. The Balaban J connectivity index is 3.75. The molecule has 0 bridgehead atoms. The number of carbonyl (C=O) groups is 1. The second-order valence-corrected chi connectivity index (χ2v) is 3.37. The third-order valence-corrected chi connectivity index (χ3v) is 1.88. The summed E-state index contributed by atoms with van der Waals surface area (Å²) < 4.78 is 4.48. The number of rotatable bonds is 4. The Hall–Kier alpha value is -1.71. The summed E-state index contributed by atoms with van der Waals surface area (Å²) in [6.45, 7) is 1.70. The highest BCUT2D eigenvalue weighted by Crippen LogP contribution is 1.98. The van der Waals surface area contributed by atoms with Gasteiger partial charge < -0.3 is 9.84 Å². The zero-order chi connectivity index (χ0) is 12.9. The van der Waals surface area contributed by atoms with Crippen molar-refractivity contribution in [1.82, 2.24) is 0 Å². The minimum atomic E-state index is -0.379. The molecule has 0 rings (SSSR count). The summed E-state index contributed by atoms with van der Waals surface area (Å²) >= 11 is 0. The number of allylic oxidation sites excluding steroid dienone is 1. The van der Waals surface area contributed by atoms with Gasteiger partial charge in [0.15, 0.2) is 0 Å². The van der Waals surface area contributed by atoms with Crippen LogP contribution in [0.25, 0.3) is 0 Å². The topological polar surface area (TPSA) is 46.5 Å². The van der Waals surface area contributed by atoms with Crippen LogP contribution in [0.3, 0.4) is 0 Å². The van der Waals surface area contributed by atoms with Crippen LogP contribution in [-0.2, 0) is 9.53 Å². The van der Waals surface area contributed by atoms with Crippen LogP contribution in [0.4, 0.5) is 0 Å². The number of esters is 1. The average Bonchev–Trinajstić information content (AvgIpc) is 2.32. The van der Waals surface area contributed by atoms with Gasteiger partial charge in [-0.3, -0.25) is 0 Å². The maximum Gasteiger partial charge on any atom is 0.331 e. The Bertz CT molecular complexity index is 372. The molecule has 0 aromatic rings. The first kappa shape index (κ1) is 15.3. The van der Waals surface area contributed by atoms with E-state index < -0.39 is 0 Å². The van der Waals surface area contributed by atoms with Crippen LogP contribution < -0.4 is 0 Å². The van der Waals surface area contributed by atoms with Gasteiger partial charge in [0.05, 0.1) is 7.11 Å². The van der Waals surface area contributed by atoms with Crippen LogP contribution in [0.2, 0.25) is 0 Å². The zero-order valence-electron chi connectivity index (χ0n) is 10.4. The quantitative estimate of drug-likeness (QED) is 0.348. The molecule has 0 aliphatic heterocycles. The van der Waals surface area contributed by atoms with Gasteiger partial charge in [0.2, 0.25) is 0 Å². The van der Waals surface area contributed by atoms with Crippen LogP contribution in [0.15, 0.2) is 11.6 Å². The molecule has 0 aromatic carbocycles. The van der Waals surface area contributed by atoms with Crippen LogP contribution in [0, 0.1) is 23.7 Å². The fourth-order valence-corrected chi connectivity index (χ4v) is 1.04. The molecule has 0 aliphatic carbocycles. The highest BCUT2D eigenvalue weighted by atomic mass is 16.5. The normalized spacial score (nSPS) is 9.71. The maximum atomic E-state index is 10.9. The molecule has 0 amide bonds. The fourth-order valence-electron chi connectivity index (χ4n) is 1.04. The number of hydrogen-bond donors (Lipinski definition) is 1. The largest absolute Gasteiger partial charge is 0.466 e. The molecular formula is C14H18O3. The predicted octanol–water partition coefficient (Wildman–Crippen LogP) is 1.67. The van der Waals surface area contributed by atoms with Crippen molar-refractivity contribution in [1.29, 1.82) is 0 Å². The van der Waals surface area contributed by atoms with Gasteiger partial charge in [0.25, 0.3) is 0 Å². The van der Waals surface area contributed by atoms with E-state index in [4.69, 9.17) is 5.11 Å². The smallest absolute Gasteiger partial charge is 0.331 e. The molecule has 0 atom stereocenters. The van der Waals surface area contributed by atoms with Crippen molar-refractivity contribution >= 4 is 5.97 Å². The van der Waals surface area contributed by atoms with Crippen molar-refractivity contribution in [2.75, 3.05) is 13.7 Å². The summed E-state index contributed by atoms with van der Waals surface area (Å²) in [6.07, 6.45) is 4.89. The third-order valence-electron chi connectivity index (χ3n) is 1.88. The van der Waals surface area contributed by atoms with Crippen LogP contribution in [0.5, 0.6) is 0 Å². The van der Waals surface area contributed by atoms with E-state index in [1.54, 1.807) is 6.92 Å². The van der Waals surface area contributed by atoms with Gasteiger partial charge in [-0.1, -0.05) is 17.8 Å². The average molecular weight is 234 g/mol. The lowest BCUT2D eigenvalue weighted by Gasteiger charge is -1.91. The van der Waals surface area contributed by atoms with Crippen molar-refractivity contribution in [3.05, 3.63) is 11.6 Å². The van der Waals surface area contributed by atoms with E-state index in [0.29, 0.717) is 5.57 Å². The molecule has 0 saturated carbocycles. The number of carbonyl (C=O) groups excluding carboxylic acids is 1. The molecule has 0 radical (unpaired) electrons. The van der Waals surface area contributed by atoms with Crippen molar-refractivity contribution < 1.29 is 14.6 Å². The summed E-state index contributed by atoms with van der Waals surface area (Å²) in [7, 11) is 1.34. The van der Waals surface area contributed by atoms with E-state index in [2.05, 4.69) is 28.4 Å². The Morgan fingerprint density at radius 3 is 2.47 bits per heavy atom. The van der Waals surface area contributed by atoms with Crippen molar-refractivity contribution in [2.45, 2.75) is 32.6 Å². The molecule has 0 spiro atoms. The minimum Gasteiger partial charge on any atom is -0.466 e. The number of ether oxygens (including phenoxy) is 1. The molecule has 0 unspecified atom stereocenters. The lowest BCUT2D eigenvalue weighted by molar-refractivity contribution is -0.134. The first-order chi connectivity index (χ1) is 8.20. The van der Waals surface area contributed by atoms with Gasteiger partial charge in [-0.05, 0) is 19.8 Å². The molecule has 0 heterocycles. The summed E-state index contributed by atoms with van der Waals surface area (Å²) in [5, 5.41) is 8.42. The predicted molar refractivity (Wildman–Crippen MR) is 66.9 cm³/mol. The summed E-state index contributed by atoms with van der Waals surface area (Å²) in [4.78, 5) is 10.9. The number of methoxy groups -OCH3 is 1. The molecule has 0 saturated heterocycles. The molecule has 0 aromatic heterocycles. The van der Waals surface area contributed by atoms with Gasteiger partial charge in [-0.15, -0.1) is 5.92 Å². The molecule has 0 aliphatic rings. The summed E-state index contributed by atoms with van der Waals surface area (Å²) in [5.74, 6) is 10.9. The maximum absolute atomic E-state index is 10.9. The SMILES string of the molecule is COC(=O)/C=C(\C)C#CCCCCC#CCO. The first-order valence-corrected chi connectivity index (χ1v) is 5.52. The van der Waals surface area contributed by atoms with Crippen LogP contribution in [0.1, 0.15) is 32.6 Å². The number of hydrogen-bond acceptors (Lipinski definition) is 3. The summed E-state index contributed by atoms with van der Waals surface area (Å²) in [5.41, 5.74) is 0.705. The van der Waals surface area contributed by atoms with Gasteiger partial charge in [0.1, 0.15) is 6.61 Å². The monoisotopic (exact) mass is 234 g/mol. The van der Waals surface area contributed by atoms with Crippen molar-refractivity contribution in [3.63, 3.8) is 0 Å². The molecule has 3 nitrogen and oxygen atoms in total. The number of aliphatic hydroxyl groups is 1. The fraction of sp³-hybridized carbons (Fsp3) is 0.500.